The molecule has 0 radical (unpaired) electrons. The van der Waals surface area contributed by atoms with Crippen molar-refractivity contribution < 1.29 is 8.42 Å². The van der Waals surface area contributed by atoms with Crippen LogP contribution in [0.3, 0.4) is 0 Å². The first-order chi connectivity index (χ1) is 7.78. The van der Waals surface area contributed by atoms with Gasteiger partial charge in [0.05, 0.1) is 16.4 Å². The fourth-order valence-electron chi connectivity index (χ4n) is 1.25. The summed E-state index contributed by atoms with van der Waals surface area (Å²) in [5, 5.41) is 8.83. The Hall–Kier alpha value is -1.38. The molecule has 0 bridgehead atoms. The third-order valence-corrected chi connectivity index (χ3v) is 3.95. The molecule has 0 saturated heterocycles. The summed E-state index contributed by atoms with van der Waals surface area (Å²) in [6.07, 6.45) is 0. The van der Waals surface area contributed by atoms with Gasteiger partial charge in [-0.05, 0) is 32.4 Å². The highest BCUT2D eigenvalue weighted by molar-refractivity contribution is 7.89. The third kappa shape index (κ3) is 3.55. The number of aryl methyl sites for hydroxylation is 1. The van der Waals surface area contributed by atoms with Crippen molar-refractivity contribution >= 4 is 10.0 Å². The lowest BCUT2D eigenvalue weighted by Gasteiger charge is -2.16. The van der Waals surface area contributed by atoms with Gasteiger partial charge in [0.15, 0.2) is 0 Å². The molecular formula is C12H16N2O2S. The van der Waals surface area contributed by atoms with E-state index in [-0.39, 0.29) is 11.4 Å². The number of benzene rings is 1. The van der Waals surface area contributed by atoms with Gasteiger partial charge < -0.3 is 0 Å². The van der Waals surface area contributed by atoms with E-state index in [1.165, 1.54) is 0 Å². The Balaban J connectivity index is 2.92. The lowest BCUT2D eigenvalue weighted by Crippen LogP contribution is -2.33. The zero-order chi connectivity index (χ0) is 13.1. The molecule has 92 valence electrons. The molecule has 17 heavy (non-hydrogen) atoms. The summed E-state index contributed by atoms with van der Waals surface area (Å²) in [5.74, 6) is 0. The maximum Gasteiger partial charge on any atom is 0.240 e. The SMILES string of the molecule is Cc1ccccc1S(=O)(=O)NCC(C)(C)C#N. The number of nitrogens with zero attached hydrogens (tertiary/aromatic N) is 1. The molecule has 1 aromatic rings. The van der Waals surface area contributed by atoms with E-state index in [0.29, 0.717) is 5.56 Å². The summed E-state index contributed by atoms with van der Waals surface area (Å²) in [6, 6.07) is 8.81. The lowest BCUT2D eigenvalue weighted by molar-refractivity contribution is 0.478. The molecule has 4 nitrogen and oxygen atoms in total. The number of sulfonamides is 1. The van der Waals surface area contributed by atoms with E-state index in [1.54, 1.807) is 45.0 Å². The van der Waals surface area contributed by atoms with Gasteiger partial charge in [0.2, 0.25) is 10.0 Å². The van der Waals surface area contributed by atoms with Crippen molar-refractivity contribution in [3.63, 3.8) is 0 Å². The molecule has 1 aromatic carbocycles. The van der Waals surface area contributed by atoms with Crippen LogP contribution in [0.15, 0.2) is 29.2 Å². The highest BCUT2D eigenvalue weighted by Gasteiger charge is 2.22. The fraction of sp³-hybridized carbons (Fsp3) is 0.417. The quantitative estimate of drug-likeness (QED) is 0.888. The van der Waals surface area contributed by atoms with Gasteiger partial charge in [-0.15, -0.1) is 0 Å². The molecule has 1 N–H and O–H groups in total. The first kappa shape index (κ1) is 13.7. The number of rotatable bonds is 4. The van der Waals surface area contributed by atoms with Gasteiger partial charge in [0, 0.05) is 6.54 Å². The Morgan fingerprint density at radius 3 is 2.47 bits per heavy atom. The number of hydrogen-bond donors (Lipinski definition) is 1. The predicted molar refractivity (Wildman–Crippen MR) is 65.8 cm³/mol. The van der Waals surface area contributed by atoms with Crippen LogP contribution in [0.2, 0.25) is 0 Å². The zero-order valence-electron chi connectivity index (χ0n) is 10.2. The third-order valence-electron chi connectivity index (χ3n) is 2.39. The van der Waals surface area contributed by atoms with Gasteiger partial charge in [-0.1, -0.05) is 18.2 Å². The van der Waals surface area contributed by atoms with Crippen molar-refractivity contribution in [1.82, 2.24) is 4.72 Å². The normalized spacial score (nSPS) is 12.1. The van der Waals surface area contributed by atoms with Crippen LogP contribution in [0, 0.1) is 23.7 Å². The molecule has 0 unspecified atom stereocenters. The van der Waals surface area contributed by atoms with Gasteiger partial charge in [-0.25, -0.2) is 13.1 Å². The van der Waals surface area contributed by atoms with Crippen LogP contribution in [0.25, 0.3) is 0 Å². The second kappa shape index (κ2) is 4.86. The minimum Gasteiger partial charge on any atom is -0.210 e. The smallest absolute Gasteiger partial charge is 0.210 e. The molecular weight excluding hydrogens is 236 g/mol. The topological polar surface area (TPSA) is 70.0 Å². The molecule has 0 atom stereocenters. The van der Waals surface area contributed by atoms with Crippen LogP contribution in [0.1, 0.15) is 19.4 Å². The fourth-order valence-corrected chi connectivity index (χ4v) is 2.71. The van der Waals surface area contributed by atoms with Crippen LogP contribution < -0.4 is 4.72 Å². The predicted octanol–water partition coefficient (Wildman–Crippen LogP) is 1.82. The van der Waals surface area contributed by atoms with Gasteiger partial charge in [0.25, 0.3) is 0 Å². The van der Waals surface area contributed by atoms with Crippen molar-refractivity contribution in [2.24, 2.45) is 5.41 Å². The minimum atomic E-state index is -3.54. The molecule has 0 amide bonds. The van der Waals surface area contributed by atoms with Crippen LogP contribution in [-0.4, -0.2) is 15.0 Å². The van der Waals surface area contributed by atoms with Crippen molar-refractivity contribution in [2.45, 2.75) is 25.7 Å². The van der Waals surface area contributed by atoms with E-state index in [1.807, 2.05) is 0 Å². The maximum absolute atomic E-state index is 12.0. The van der Waals surface area contributed by atoms with Crippen molar-refractivity contribution in [3.05, 3.63) is 29.8 Å². The highest BCUT2D eigenvalue weighted by Crippen LogP contribution is 2.16. The first-order valence-electron chi connectivity index (χ1n) is 5.25. The molecule has 0 aromatic heterocycles. The van der Waals surface area contributed by atoms with E-state index < -0.39 is 15.4 Å². The van der Waals surface area contributed by atoms with Crippen molar-refractivity contribution in [3.8, 4) is 6.07 Å². The summed E-state index contributed by atoms with van der Waals surface area (Å²) < 4.78 is 26.4. The van der Waals surface area contributed by atoms with Gasteiger partial charge >= 0.3 is 0 Å². The summed E-state index contributed by atoms with van der Waals surface area (Å²) in [6.45, 7) is 5.21. The highest BCUT2D eigenvalue weighted by atomic mass is 32.2. The van der Waals surface area contributed by atoms with E-state index in [9.17, 15) is 8.42 Å². The van der Waals surface area contributed by atoms with Crippen LogP contribution in [0.4, 0.5) is 0 Å². The van der Waals surface area contributed by atoms with E-state index in [4.69, 9.17) is 5.26 Å². The molecule has 0 aliphatic rings. The Bertz CT molecular complexity index is 542. The summed E-state index contributed by atoms with van der Waals surface area (Å²) in [4.78, 5) is 0.258. The van der Waals surface area contributed by atoms with Crippen LogP contribution >= 0.6 is 0 Å². The molecule has 0 fully saturated rings. The monoisotopic (exact) mass is 252 g/mol. The number of hydrogen-bond acceptors (Lipinski definition) is 3. The Labute approximate surface area is 102 Å². The summed E-state index contributed by atoms with van der Waals surface area (Å²) >= 11 is 0. The molecule has 0 heterocycles. The van der Waals surface area contributed by atoms with Crippen molar-refractivity contribution in [1.29, 1.82) is 5.26 Å². The standard InChI is InChI=1S/C12H16N2O2S/c1-10-6-4-5-7-11(10)17(15,16)14-9-12(2,3)8-13/h4-7,14H,9H2,1-3H3. The summed E-state index contributed by atoms with van der Waals surface area (Å²) in [7, 11) is -3.54. The largest absolute Gasteiger partial charge is 0.240 e. The Morgan fingerprint density at radius 1 is 1.35 bits per heavy atom. The number of nitriles is 1. The average molecular weight is 252 g/mol. The van der Waals surface area contributed by atoms with Crippen molar-refractivity contribution in [2.75, 3.05) is 6.54 Å². The number of nitrogens with one attached hydrogen (secondary N) is 1. The molecule has 1 rings (SSSR count). The molecule has 5 heteroatoms. The molecule has 0 aliphatic heterocycles. The second-order valence-electron chi connectivity index (χ2n) is 4.59. The van der Waals surface area contributed by atoms with E-state index >= 15 is 0 Å². The minimum absolute atomic E-state index is 0.0974. The average Bonchev–Trinajstić information content (AvgIpc) is 2.27. The van der Waals surface area contributed by atoms with Gasteiger partial charge in [-0.2, -0.15) is 5.26 Å². The lowest BCUT2D eigenvalue weighted by atomic mass is 9.97. The Kier molecular flexibility index (Phi) is 3.91. The first-order valence-corrected chi connectivity index (χ1v) is 6.73. The zero-order valence-corrected chi connectivity index (χ0v) is 11.0. The van der Waals surface area contributed by atoms with Gasteiger partial charge in [0.1, 0.15) is 0 Å². The summed E-state index contributed by atoms with van der Waals surface area (Å²) in [5.41, 5.74) is -0.0229. The van der Waals surface area contributed by atoms with E-state index in [2.05, 4.69) is 10.8 Å². The van der Waals surface area contributed by atoms with Gasteiger partial charge in [-0.3, -0.25) is 0 Å². The van der Waals surface area contributed by atoms with Crippen LogP contribution in [-0.2, 0) is 10.0 Å². The molecule has 0 aliphatic carbocycles. The van der Waals surface area contributed by atoms with E-state index in [0.717, 1.165) is 0 Å². The molecule has 0 spiro atoms. The molecule has 0 saturated carbocycles. The van der Waals surface area contributed by atoms with Crippen LogP contribution in [0.5, 0.6) is 0 Å². The Morgan fingerprint density at radius 2 is 1.94 bits per heavy atom. The maximum atomic E-state index is 12.0. The second-order valence-corrected chi connectivity index (χ2v) is 6.32.